The molecule has 0 saturated carbocycles. The van der Waals surface area contributed by atoms with Gasteiger partial charge in [-0.3, -0.25) is 4.98 Å². The lowest BCUT2D eigenvalue weighted by Crippen LogP contribution is -2.39. The first-order valence-electron chi connectivity index (χ1n) is 13.5. The van der Waals surface area contributed by atoms with Crippen molar-refractivity contribution in [2.24, 2.45) is 5.92 Å². The van der Waals surface area contributed by atoms with Crippen molar-refractivity contribution in [1.29, 1.82) is 0 Å². The van der Waals surface area contributed by atoms with Gasteiger partial charge < -0.3 is 14.7 Å². The molecule has 1 aliphatic heterocycles. The number of halogens is 4. The minimum Gasteiger partial charge on any atom is -0.449 e. The summed E-state index contributed by atoms with van der Waals surface area (Å²) in [6.07, 6.45) is -0.238. The van der Waals surface area contributed by atoms with Gasteiger partial charge in [0, 0.05) is 37.7 Å². The summed E-state index contributed by atoms with van der Waals surface area (Å²) in [7, 11) is -4.76. The molecule has 2 aliphatic rings. The molecule has 1 unspecified atom stereocenters. The maximum atomic E-state index is 14.2. The smallest absolute Gasteiger partial charge is 0.449 e. The molecule has 1 aliphatic carbocycles. The Morgan fingerprint density at radius 2 is 1.81 bits per heavy atom. The summed E-state index contributed by atoms with van der Waals surface area (Å²) >= 11 is 6.18. The van der Waals surface area contributed by atoms with Crippen molar-refractivity contribution in [3.8, 4) is 5.75 Å². The average Bonchev–Trinajstić information content (AvgIpc) is 3.35. The molecule has 3 aromatic rings. The van der Waals surface area contributed by atoms with E-state index in [0.717, 1.165) is 53.6 Å². The number of pyridine rings is 1. The Morgan fingerprint density at radius 3 is 2.48 bits per heavy atom. The molecule has 1 saturated heterocycles. The zero-order valence-corrected chi connectivity index (χ0v) is 24.0. The predicted molar refractivity (Wildman–Crippen MR) is 150 cm³/mol. The van der Waals surface area contributed by atoms with E-state index in [2.05, 4.69) is 9.88 Å². The number of ether oxygens (including phenoxy) is 1. The number of alkyl halides is 3. The number of aromatic nitrogens is 1. The SMILES string of the molecule is O=C(O)Oc1ccc2c(c1)C(N(CCC1CCN(c3ccncc3)CC1)S(=O)(=O)c1c(Cl)cccc1C(F)(F)F)CC2. The van der Waals surface area contributed by atoms with E-state index in [1.807, 2.05) is 12.1 Å². The molecule has 1 N–H and O–H groups in total. The highest BCUT2D eigenvalue weighted by molar-refractivity contribution is 7.89. The van der Waals surface area contributed by atoms with Gasteiger partial charge in [0.2, 0.25) is 10.0 Å². The highest BCUT2D eigenvalue weighted by Gasteiger charge is 2.44. The number of anilines is 1. The van der Waals surface area contributed by atoms with Crippen LogP contribution < -0.4 is 9.64 Å². The second-order valence-electron chi connectivity index (χ2n) is 10.4. The van der Waals surface area contributed by atoms with Crippen LogP contribution in [0, 0.1) is 5.92 Å². The van der Waals surface area contributed by atoms with E-state index in [1.54, 1.807) is 18.5 Å². The quantitative estimate of drug-likeness (QED) is 0.218. The Bertz CT molecular complexity index is 1550. The normalized spacial score (nSPS) is 17.8. The minimum absolute atomic E-state index is 0.00251. The van der Waals surface area contributed by atoms with E-state index in [1.165, 1.54) is 12.1 Å². The van der Waals surface area contributed by atoms with Gasteiger partial charge in [-0.2, -0.15) is 17.5 Å². The lowest BCUT2D eigenvalue weighted by molar-refractivity contribution is -0.139. The van der Waals surface area contributed by atoms with Gasteiger partial charge in [0.1, 0.15) is 10.6 Å². The number of carbonyl (C=O) groups is 1. The second kappa shape index (κ2) is 12.1. The summed E-state index contributed by atoms with van der Waals surface area (Å²) in [5.74, 6) is 0.152. The molecule has 42 heavy (non-hydrogen) atoms. The summed E-state index contributed by atoms with van der Waals surface area (Å²) in [6.45, 7) is 1.48. The molecule has 1 aromatic heterocycles. The zero-order valence-electron chi connectivity index (χ0n) is 22.4. The molecule has 2 heterocycles. The molecule has 1 atom stereocenters. The average molecular weight is 624 g/mol. The number of carboxylic acid groups (broad SMARTS) is 1. The van der Waals surface area contributed by atoms with Gasteiger partial charge in [0.15, 0.2) is 0 Å². The Kier molecular flexibility index (Phi) is 8.68. The number of nitrogens with zero attached hydrogens (tertiary/aromatic N) is 3. The molecular weight excluding hydrogens is 595 g/mol. The van der Waals surface area contributed by atoms with Gasteiger partial charge in [-0.25, -0.2) is 13.2 Å². The van der Waals surface area contributed by atoms with Gasteiger partial charge in [0.25, 0.3) is 0 Å². The number of aryl methyl sites for hydroxylation is 1. The minimum atomic E-state index is -4.95. The van der Waals surface area contributed by atoms with Crippen LogP contribution in [-0.2, 0) is 22.6 Å². The van der Waals surface area contributed by atoms with Gasteiger partial charge in [-0.05, 0) is 85.5 Å². The lowest BCUT2D eigenvalue weighted by atomic mass is 9.93. The van der Waals surface area contributed by atoms with E-state index < -0.39 is 43.9 Å². The Labute approximate surface area is 246 Å². The van der Waals surface area contributed by atoms with Crippen LogP contribution in [0.4, 0.5) is 23.7 Å². The molecule has 0 spiro atoms. The monoisotopic (exact) mass is 623 g/mol. The van der Waals surface area contributed by atoms with E-state index in [-0.39, 0.29) is 18.2 Å². The highest BCUT2D eigenvalue weighted by Crippen LogP contribution is 2.45. The molecule has 1 fully saturated rings. The van der Waals surface area contributed by atoms with Gasteiger partial charge in [-0.15, -0.1) is 0 Å². The van der Waals surface area contributed by atoms with Crippen molar-refractivity contribution in [2.75, 3.05) is 24.5 Å². The van der Waals surface area contributed by atoms with Crippen molar-refractivity contribution >= 4 is 33.5 Å². The maximum Gasteiger partial charge on any atom is 0.511 e. The summed E-state index contributed by atoms with van der Waals surface area (Å²) < 4.78 is 76.4. The van der Waals surface area contributed by atoms with Crippen molar-refractivity contribution in [2.45, 2.75) is 49.2 Å². The van der Waals surface area contributed by atoms with Crippen LogP contribution in [-0.4, -0.2) is 48.6 Å². The summed E-state index contributed by atoms with van der Waals surface area (Å²) in [5, 5.41) is 8.56. The molecule has 2 aromatic carbocycles. The fraction of sp³-hybridized carbons (Fsp3) is 0.379. The summed E-state index contributed by atoms with van der Waals surface area (Å²) in [6, 6.07) is 10.5. The molecular formula is C29H29ClF3N3O5S. The molecule has 5 rings (SSSR count). The van der Waals surface area contributed by atoms with Crippen molar-refractivity contribution < 1.29 is 36.2 Å². The Balaban J connectivity index is 1.46. The van der Waals surface area contributed by atoms with E-state index in [9.17, 15) is 26.4 Å². The lowest BCUT2D eigenvalue weighted by Gasteiger charge is -2.35. The number of piperidine rings is 1. The largest absolute Gasteiger partial charge is 0.511 e. The number of hydrogen-bond acceptors (Lipinski definition) is 6. The third-order valence-corrected chi connectivity index (χ3v) is 10.4. The van der Waals surface area contributed by atoms with Crippen LogP contribution in [0.2, 0.25) is 5.02 Å². The first kappa shape index (κ1) is 30.1. The first-order valence-corrected chi connectivity index (χ1v) is 15.3. The van der Waals surface area contributed by atoms with E-state index >= 15 is 0 Å². The molecule has 8 nitrogen and oxygen atoms in total. The third-order valence-electron chi connectivity index (χ3n) is 7.96. The maximum absolute atomic E-state index is 14.2. The van der Waals surface area contributed by atoms with Crippen LogP contribution in [0.3, 0.4) is 0 Å². The standard InChI is InChI=1S/C29H29ClF3N3O5S/c30-25-3-1-2-24(29(31,32)33)27(25)42(39,40)36(26-7-5-20-4-6-22(18-23(20)26)41-28(37)38)17-12-19-10-15-35(16-11-19)21-8-13-34-14-9-21/h1-4,6,8-9,13-14,18-19,26H,5,7,10-12,15-17H2,(H,37,38). The van der Waals surface area contributed by atoms with Crippen LogP contribution in [0.15, 0.2) is 65.8 Å². The summed E-state index contributed by atoms with van der Waals surface area (Å²) in [5.41, 5.74) is 1.00. The van der Waals surface area contributed by atoms with Gasteiger partial charge in [-0.1, -0.05) is 23.7 Å². The molecule has 13 heteroatoms. The topological polar surface area (TPSA) is 100 Å². The first-order chi connectivity index (χ1) is 19.9. The summed E-state index contributed by atoms with van der Waals surface area (Å²) in [4.78, 5) is 16.4. The van der Waals surface area contributed by atoms with Crippen molar-refractivity contribution in [3.63, 3.8) is 0 Å². The fourth-order valence-electron chi connectivity index (χ4n) is 5.92. The molecule has 224 valence electrons. The van der Waals surface area contributed by atoms with Crippen LogP contribution in [0.5, 0.6) is 5.75 Å². The Hall–Kier alpha value is -3.35. The van der Waals surface area contributed by atoms with Crippen molar-refractivity contribution in [1.82, 2.24) is 9.29 Å². The Morgan fingerprint density at radius 1 is 1.10 bits per heavy atom. The van der Waals surface area contributed by atoms with Gasteiger partial charge in [0.05, 0.1) is 16.6 Å². The fourth-order valence-corrected chi connectivity index (χ4v) is 8.30. The van der Waals surface area contributed by atoms with E-state index in [0.29, 0.717) is 30.9 Å². The predicted octanol–water partition coefficient (Wildman–Crippen LogP) is 6.80. The third kappa shape index (κ3) is 6.35. The van der Waals surface area contributed by atoms with Crippen LogP contribution in [0.25, 0.3) is 0 Å². The number of benzene rings is 2. The molecule has 0 bridgehead atoms. The highest BCUT2D eigenvalue weighted by atomic mass is 35.5. The second-order valence-corrected chi connectivity index (χ2v) is 12.7. The van der Waals surface area contributed by atoms with Gasteiger partial charge >= 0.3 is 12.3 Å². The molecule has 0 radical (unpaired) electrons. The number of rotatable bonds is 8. The van der Waals surface area contributed by atoms with E-state index in [4.69, 9.17) is 21.4 Å². The zero-order chi connectivity index (χ0) is 30.1. The van der Waals surface area contributed by atoms with Crippen molar-refractivity contribution in [3.05, 3.63) is 82.6 Å². The van der Waals surface area contributed by atoms with Crippen LogP contribution in [0.1, 0.15) is 48.4 Å². The van der Waals surface area contributed by atoms with Crippen LogP contribution >= 0.6 is 11.6 Å². The number of sulfonamides is 1. The number of fused-ring (bicyclic) bond motifs is 1. The number of hydrogen-bond donors (Lipinski definition) is 1. The molecule has 0 amide bonds.